The van der Waals surface area contributed by atoms with Gasteiger partial charge >= 0.3 is 0 Å². The van der Waals surface area contributed by atoms with Crippen LogP contribution in [0, 0.1) is 5.92 Å². The predicted octanol–water partition coefficient (Wildman–Crippen LogP) is 1.61. The molecular weight excluding hydrogens is 292 g/mol. The van der Waals surface area contributed by atoms with E-state index in [1.807, 2.05) is 22.6 Å². The number of nitrogens with one attached hydrogen (secondary N) is 1. The Hall–Kier alpha value is -2.11. The van der Waals surface area contributed by atoms with E-state index in [0.717, 1.165) is 37.2 Å². The maximum Gasteiger partial charge on any atom is 0.226 e. The normalized spacial score (nSPS) is 20.2. The minimum atomic E-state index is 0.0260. The molecule has 6 heteroatoms. The molecule has 0 unspecified atom stereocenters. The predicted molar refractivity (Wildman–Crippen MR) is 86.3 cm³/mol. The second kappa shape index (κ2) is 6.98. The largest absolute Gasteiger partial charge is 0.350 e. The second-order valence-corrected chi connectivity index (χ2v) is 6.22. The van der Waals surface area contributed by atoms with Gasteiger partial charge in [-0.15, -0.1) is 0 Å². The molecule has 1 N–H and O–H groups in total. The van der Waals surface area contributed by atoms with Crippen LogP contribution in [0.4, 0.5) is 0 Å². The summed E-state index contributed by atoms with van der Waals surface area (Å²) in [4.78, 5) is 25.9. The van der Waals surface area contributed by atoms with E-state index in [1.165, 1.54) is 0 Å². The van der Waals surface area contributed by atoms with E-state index in [1.54, 1.807) is 0 Å². The number of hydrogen-bond acceptors (Lipinski definition) is 3. The quantitative estimate of drug-likeness (QED) is 0.858. The smallest absolute Gasteiger partial charge is 0.226 e. The molecule has 0 bridgehead atoms. The Bertz CT molecular complexity index is 620. The second-order valence-electron chi connectivity index (χ2n) is 6.22. The van der Waals surface area contributed by atoms with Crippen molar-refractivity contribution in [3.63, 3.8) is 0 Å². The average molecular weight is 316 g/mol. The first-order valence-electron chi connectivity index (χ1n) is 8.43. The van der Waals surface area contributed by atoms with Crippen molar-refractivity contribution >= 4 is 11.8 Å². The molecule has 0 saturated heterocycles. The van der Waals surface area contributed by atoms with E-state index in [4.69, 9.17) is 0 Å². The summed E-state index contributed by atoms with van der Waals surface area (Å²) in [5.41, 5.74) is 1.91. The summed E-state index contributed by atoms with van der Waals surface area (Å²) in [5, 5.41) is 7.36. The van der Waals surface area contributed by atoms with E-state index in [2.05, 4.69) is 22.6 Å². The Morgan fingerprint density at radius 3 is 2.96 bits per heavy atom. The lowest BCUT2D eigenvalue weighted by Crippen LogP contribution is -2.41. The number of carbonyl (C=O) groups excluding carboxylic acids is 2. The van der Waals surface area contributed by atoms with Gasteiger partial charge in [-0.3, -0.25) is 14.3 Å². The van der Waals surface area contributed by atoms with Crippen LogP contribution in [0.3, 0.4) is 0 Å². The van der Waals surface area contributed by atoms with Crippen molar-refractivity contribution in [3.05, 3.63) is 29.6 Å². The lowest BCUT2D eigenvalue weighted by molar-refractivity contribution is -0.137. The third-order valence-corrected chi connectivity index (χ3v) is 4.57. The lowest BCUT2D eigenvalue weighted by atomic mass is 9.93. The molecule has 1 aliphatic carbocycles. The highest BCUT2D eigenvalue weighted by atomic mass is 16.2. The van der Waals surface area contributed by atoms with Gasteiger partial charge < -0.3 is 10.2 Å². The molecule has 0 saturated carbocycles. The van der Waals surface area contributed by atoms with Crippen molar-refractivity contribution in [2.24, 2.45) is 5.92 Å². The Morgan fingerprint density at radius 1 is 1.35 bits per heavy atom. The first kappa shape index (κ1) is 15.8. The molecule has 6 nitrogen and oxygen atoms in total. The van der Waals surface area contributed by atoms with E-state index in [0.29, 0.717) is 26.1 Å². The number of nitrogens with zero attached hydrogens (tertiary/aromatic N) is 3. The molecule has 0 aromatic carbocycles. The van der Waals surface area contributed by atoms with Crippen LogP contribution in [0.25, 0.3) is 0 Å². The van der Waals surface area contributed by atoms with Crippen LogP contribution in [-0.2, 0) is 29.2 Å². The van der Waals surface area contributed by atoms with Gasteiger partial charge in [-0.25, -0.2) is 0 Å². The zero-order valence-corrected chi connectivity index (χ0v) is 13.6. The van der Waals surface area contributed by atoms with Crippen LogP contribution in [-0.4, -0.2) is 33.0 Å². The van der Waals surface area contributed by atoms with Crippen molar-refractivity contribution in [2.45, 2.75) is 52.2 Å². The van der Waals surface area contributed by atoms with Crippen molar-refractivity contribution < 1.29 is 9.59 Å². The highest BCUT2D eigenvalue weighted by molar-refractivity contribution is 5.79. The average Bonchev–Trinajstić information content (AvgIpc) is 3.01. The zero-order chi connectivity index (χ0) is 16.2. The zero-order valence-electron chi connectivity index (χ0n) is 13.6. The van der Waals surface area contributed by atoms with Gasteiger partial charge in [0.05, 0.1) is 31.0 Å². The summed E-state index contributed by atoms with van der Waals surface area (Å²) in [5.74, 6) is 0.429. The number of fused-ring (bicyclic) bond motifs is 1. The number of allylic oxidation sites excluding steroid dienone is 2. The summed E-state index contributed by atoms with van der Waals surface area (Å²) in [7, 11) is 0. The van der Waals surface area contributed by atoms with Crippen molar-refractivity contribution in [1.29, 1.82) is 0 Å². The molecule has 124 valence electrons. The molecule has 0 spiro atoms. The van der Waals surface area contributed by atoms with Crippen LogP contribution in [0.15, 0.2) is 18.2 Å². The summed E-state index contributed by atoms with van der Waals surface area (Å²) in [6.45, 7) is 4.35. The Labute approximate surface area is 136 Å². The van der Waals surface area contributed by atoms with Crippen LogP contribution in [0.1, 0.15) is 44.0 Å². The molecule has 2 aliphatic rings. The molecule has 1 aromatic heterocycles. The van der Waals surface area contributed by atoms with Gasteiger partial charge in [0.1, 0.15) is 0 Å². The number of aromatic nitrogens is 2. The lowest BCUT2D eigenvalue weighted by Gasteiger charge is -2.31. The SMILES string of the molecule is CCC(=O)NCc1cc2n(n1)CCN(C(=O)[C@@H]1CC=CCC1)C2. The molecule has 2 heterocycles. The number of carbonyl (C=O) groups is 2. The minimum Gasteiger partial charge on any atom is -0.350 e. The number of amides is 2. The van der Waals surface area contributed by atoms with E-state index >= 15 is 0 Å². The minimum absolute atomic E-state index is 0.0260. The first-order valence-corrected chi connectivity index (χ1v) is 8.43. The summed E-state index contributed by atoms with van der Waals surface area (Å²) in [6.07, 6.45) is 7.58. The molecule has 0 radical (unpaired) electrons. The fraction of sp³-hybridized carbons (Fsp3) is 0.588. The van der Waals surface area contributed by atoms with Gasteiger partial charge in [0.2, 0.25) is 11.8 Å². The van der Waals surface area contributed by atoms with E-state index < -0.39 is 0 Å². The standard InChI is InChI=1S/C17H24N4O2/c1-2-16(22)18-11-14-10-15-12-20(8-9-21(15)19-14)17(23)13-6-4-3-5-7-13/h3-4,10,13H,2,5-9,11-12H2,1H3,(H,18,22)/t13-/m1/s1. The van der Waals surface area contributed by atoms with Gasteiger partial charge in [-0.05, 0) is 25.3 Å². The van der Waals surface area contributed by atoms with Crippen molar-refractivity contribution in [2.75, 3.05) is 6.54 Å². The van der Waals surface area contributed by atoms with Gasteiger partial charge in [-0.1, -0.05) is 19.1 Å². The topological polar surface area (TPSA) is 67.2 Å². The third kappa shape index (κ3) is 3.63. The maximum absolute atomic E-state index is 12.6. The van der Waals surface area contributed by atoms with Crippen LogP contribution in [0.5, 0.6) is 0 Å². The summed E-state index contributed by atoms with van der Waals surface area (Å²) < 4.78 is 1.96. The first-order chi connectivity index (χ1) is 11.2. The Balaban J connectivity index is 1.61. The van der Waals surface area contributed by atoms with Gasteiger partial charge in [-0.2, -0.15) is 5.10 Å². The fourth-order valence-electron chi connectivity index (χ4n) is 3.19. The molecule has 1 aromatic rings. The highest BCUT2D eigenvalue weighted by Crippen LogP contribution is 2.23. The van der Waals surface area contributed by atoms with Crippen LogP contribution < -0.4 is 5.32 Å². The highest BCUT2D eigenvalue weighted by Gasteiger charge is 2.28. The van der Waals surface area contributed by atoms with Crippen molar-refractivity contribution in [1.82, 2.24) is 20.0 Å². The van der Waals surface area contributed by atoms with Gasteiger partial charge in [0, 0.05) is 18.9 Å². The summed E-state index contributed by atoms with van der Waals surface area (Å²) >= 11 is 0. The number of rotatable bonds is 4. The molecule has 0 fully saturated rings. The maximum atomic E-state index is 12.6. The van der Waals surface area contributed by atoms with Gasteiger partial charge in [0.25, 0.3) is 0 Å². The van der Waals surface area contributed by atoms with Crippen molar-refractivity contribution in [3.8, 4) is 0 Å². The third-order valence-electron chi connectivity index (χ3n) is 4.57. The Kier molecular flexibility index (Phi) is 4.79. The molecule has 3 rings (SSSR count). The van der Waals surface area contributed by atoms with Crippen LogP contribution in [0.2, 0.25) is 0 Å². The summed E-state index contributed by atoms with van der Waals surface area (Å²) in [6, 6.07) is 2.00. The monoisotopic (exact) mass is 316 g/mol. The van der Waals surface area contributed by atoms with E-state index in [9.17, 15) is 9.59 Å². The number of hydrogen-bond donors (Lipinski definition) is 1. The van der Waals surface area contributed by atoms with E-state index in [-0.39, 0.29) is 17.7 Å². The fourth-order valence-corrected chi connectivity index (χ4v) is 3.19. The molecular formula is C17H24N4O2. The van der Waals surface area contributed by atoms with Crippen LogP contribution >= 0.6 is 0 Å². The molecule has 1 atom stereocenters. The molecule has 1 aliphatic heterocycles. The Morgan fingerprint density at radius 2 is 2.22 bits per heavy atom. The molecule has 2 amide bonds. The molecule has 23 heavy (non-hydrogen) atoms. The van der Waals surface area contributed by atoms with Gasteiger partial charge in [0.15, 0.2) is 0 Å².